The molecule has 3 aromatic rings. The third-order valence-corrected chi connectivity index (χ3v) is 4.37. The smallest absolute Gasteiger partial charge is 0.261 e. The number of nitrogens with zero attached hydrogens (tertiary/aromatic N) is 3. The fraction of sp³-hybridized carbons (Fsp3) is 0.333. The van der Waals surface area contributed by atoms with E-state index in [2.05, 4.69) is 27.2 Å². The Bertz CT molecular complexity index is 807. The second-order valence-electron chi connectivity index (χ2n) is 6.02. The highest BCUT2D eigenvalue weighted by molar-refractivity contribution is 5.85. The Kier molecular flexibility index (Phi) is 5.40. The zero-order valence-electron chi connectivity index (χ0n) is 13.9. The normalized spacial score (nSPS) is 14.4. The van der Waals surface area contributed by atoms with Gasteiger partial charge in [0.15, 0.2) is 0 Å². The van der Waals surface area contributed by atoms with Gasteiger partial charge in [0.05, 0.1) is 12.1 Å². The van der Waals surface area contributed by atoms with Gasteiger partial charge in [-0.05, 0) is 49.6 Å². The van der Waals surface area contributed by atoms with Crippen molar-refractivity contribution in [2.45, 2.75) is 25.8 Å². The van der Waals surface area contributed by atoms with E-state index < -0.39 is 0 Å². The van der Waals surface area contributed by atoms with Gasteiger partial charge in [-0.15, -0.1) is 12.4 Å². The molecule has 0 aliphatic carbocycles. The standard InChI is InChI=1S/C18H20N4O2.ClH/c19-11-16-10-14(12-23-16)18-20-17(21-24-18)13-4-6-15(7-5-13)22-8-2-1-3-9-22;/h4-7,10,12H,1-3,8-9,11,19H2;1H. The number of halogens is 1. The van der Waals surface area contributed by atoms with Crippen molar-refractivity contribution >= 4 is 18.1 Å². The lowest BCUT2D eigenvalue weighted by Crippen LogP contribution is -2.29. The Balaban J connectivity index is 0.00000182. The van der Waals surface area contributed by atoms with Crippen molar-refractivity contribution in [3.05, 3.63) is 42.4 Å². The van der Waals surface area contributed by atoms with Crippen LogP contribution in [0.4, 0.5) is 5.69 Å². The van der Waals surface area contributed by atoms with Gasteiger partial charge >= 0.3 is 0 Å². The van der Waals surface area contributed by atoms with E-state index >= 15 is 0 Å². The first kappa shape index (κ1) is 17.5. The highest BCUT2D eigenvalue weighted by Gasteiger charge is 2.14. The summed E-state index contributed by atoms with van der Waals surface area (Å²) in [4.78, 5) is 6.87. The van der Waals surface area contributed by atoms with Crippen LogP contribution >= 0.6 is 12.4 Å². The Labute approximate surface area is 152 Å². The molecule has 1 aliphatic heterocycles. The second kappa shape index (κ2) is 7.72. The molecular weight excluding hydrogens is 340 g/mol. The van der Waals surface area contributed by atoms with Crippen LogP contribution in [0.1, 0.15) is 25.0 Å². The van der Waals surface area contributed by atoms with Crippen LogP contribution in [0.3, 0.4) is 0 Å². The number of benzene rings is 1. The largest absolute Gasteiger partial charge is 0.467 e. The lowest BCUT2D eigenvalue weighted by atomic mass is 10.1. The van der Waals surface area contributed by atoms with Crippen molar-refractivity contribution < 1.29 is 8.94 Å². The number of furan rings is 1. The van der Waals surface area contributed by atoms with Gasteiger partial charge in [0.25, 0.3) is 5.89 Å². The molecule has 0 atom stereocenters. The van der Waals surface area contributed by atoms with Crippen molar-refractivity contribution in [1.29, 1.82) is 0 Å². The number of hydrogen-bond donors (Lipinski definition) is 1. The molecule has 132 valence electrons. The van der Waals surface area contributed by atoms with Gasteiger partial charge in [-0.3, -0.25) is 0 Å². The molecule has 0 spiro atoms. The highest BCUT2D eigenvalue weighted by Crippen LogP contribution is 2.26. The van der Waals surface area contributed by atoms with E-state index in [4.69, 9.17) is 14.7 Å². The fourth-order valence-corrected chi connectivity index (χ4v) is 3.03. The Morgan fingerprint density at radius 2 is 1.80 bits per heavy atom. The zero-order valence-corrected chi connectivity index (χ0v) is 14.7. The maximum absolute atomic E-state index is 5.55. The lowest BCUT2D eigenvalue weighted by Gasteiger charge is -2.28. The molecule has 6 nitrogen and oxygen atoms in total. The molecule has 25 heavy (non-hydrogen) atoms. The Morgan fingerprint density at radius 1 is 1.04 bits per heavy atom. The second-order valence-corrected chi connectivity index (χ2v) is 6.02. The van der Waals surface area contributed by atoms with Crippen molar-refractivity contribution in [2.24, 2.45) is 5.73 Å². The molecule has 1 aromatic carbocycles. The third-order valence-electron chi connectivity index (χ3n) is 4.37. The number of anilines is 1. The van der Waals surface area contributed by atoms with E-state index in [-0.39, 0.29) is 12.4 Å². The SMILES string of the molecule is Cl.NCc1cc(-c2nc(-c3ccc(N4CCCCC4)cc3)no2)co1. The predicted molar refractivity (Wildman–Crippen MR) is 98.6 cm³/mol. The summed E-state index contributed by atoms with van der Waals surface area (Å²) in [5.74, 6) is 1.70. The van der Waals surface area contributed by atoms with Crippen LogP contribution in [0.15, 0.2) is 45.5 Å². The number of rotatable bonds is 4. The van der Waals surface area contributed by atoms with Crippen LogP contribution in [-0.4, -0.2) is 23.2 Å². The average molecular weight is 361 g/mol. The summed E-state index contributed by atoms with van der Waals surface area (Å²) >= 11 is 0. The number of hydrogen-bond acceptors (Lipinski definition) is 6. The van der Waals surface area contributed by atoms with Crippen LogP contribution < -0.4 is 10.6 Å². The summed E-state index contributed by atoms with van der Waals surface area (Å²) < 4.78 is 10.6. The third kappa shape index (κ3) is 3.70. The van der Waals surface area contributed by atoms with Crippen LogP contribution in [0, 0.1) is 0 Å². The van der Waals surface area contributed by atoms with Crippen molar-refractivity contribution in [3.63, 3.8) is 0 Å². The summed E-state index contributed by atoms with van der Waals surface area (Å²) in [5, 5.41) is 4.07. The van der Waals surface area contributed by atoms with E-state index in [1.165, 1.54) is 24.9 Å². The average Bonchev–Trinajstić information content (AvgIpc) is 3.32. The van der Waals surface area contributed by atoms with Crippen molar-refractivity contribution in [2.75, 3.05) is 18.0 Å². The molecule has 0 radical (unpaired) electrons. The van der Waals surface area contributed by atoms with Gasteiger partial charge < -0.3 is 19.6 Å². The maximum Gasteiger partial charge on any atom is 0.261 e. The topological polar surface area (TPSA) is 81.3 Å². The molecule has 1 fully saturated rings. The molecule has 2 aromatic heterocycles. The molecule has 1 saturated heterocycles. The first-order chi connectivity index (χ1) is 11.8. The molecule has 0 amide bonds. The molecule has 0 saturated carbocycles. The first-order valence-corrected chi connectivity index (χ1v) is 8.30. The summed E-state index contributed by atoms with van der Waals surface area (Å²) in [6.45, 7) is 2.62. The van der Waals surface area contributed by atoms with E-state index in [9.17, 15) is 0 Å². The van der Waals surface area contributed by atoms with Gasteiger partial charge in [0.1, 0.15) is 12.0 Å². The fourth-order valence-electron chi connectivity index (χ4n) is 3.03. The van der Waals surface area contributed by atoms with E-state index in [1.807, 2.05) is 18.2 Å². The molecule has 2 N–H and O–H groups in total. The van der Waals surface area contributed by atoms with Gasteiger partial charge in [0.2, 0.25) is 5.82 Å². The molecular formula is C18H21ClN4O2. The molecule has 7 heteroatoms. The minimum Gasteiger partial charge on any atom is -0.467 e. The minimum atomic E-state index is 0. The van der Waals surface area contributed by atoms with E-state index in [0.29, 0.717) is 24.0 Å². The molecule has 4 rings (SSSR count). The van der Waals surface area contributed by atoms with Gasteiger partial charge in [-0.1, -0.05) is 5.16 Å². The summed E-state index contributed by atoms with van der Waals surface area (Å²) in [7, 11) is 0. The van der Waals surface area contributed by atoms with Gasteiger partial charge in [-0.2, -0.15) is 4.98 Å². The molecule has 3 heterocycles. The Hall–Kier alpha value is -2.31. The molecule has 0 bridgehead atoms. The van der Waals surface area contributed by atoms with Crippen LogP contribution in [-0.2, 0) is 6.54 Å². The first-order valence-electron chi connectivity index (χ1n) is 8.30. The van der Waals surface area contributed by atoms with Crippen LogP contribution in [0.5, 0.6) is 0 Å². The minimum absolute atomic E-state index is 0. The number of piperidine rings is 1. The van der Waals surface area contributed by atoms with Crippen LogP contribution in [0.25, 0.3) is 22.8 Å². The Morgan fingerprint density at radius 3 is 2.48 bits per heavy atom. The van der Waals surface area contributed by atoms with E-state index in [1.54, 1.807) is 6.26 Å². The van der Waals surface area contributed by atoms with Gasteiger partial charge in [0, 0.05) is 24.3 Å². The predicted octanol–water partition coefficient (Wildman–Crippen LogP) is 3.87. The van der Waals surface area contributed by atoms with Crippen molar-refractivity contribution in [1.82, 2.24) is 10.1 Å². The zero-order chi connectivity index (χ0) is 16.4. The van der Waals surface area contributed by atoms with Crippen LogP contribution in [0.2, 0.25) is 0 Å². The van der Waals surface area contributed by atoms with Gasteiger partial charge in [-0.25, -0.2) is 0 Å². The molecule has 0 unspecified atom stereocenters. The monoisotopic (exact) mass is 360 g/mol. The lowest BCUT2D eigenvalue weighted by molar-refractivity contribution is 0.431. The number of nitrogens with two attached hydrogens (primary N) is 1. The summed E-state index contributed by atoms with van der Waals surface area (Å²) in [6, 6.07) is 10.2. The molecule has 1 aliphatic rings. The highest BCUT2D eigenvalue weighted by atomic mass is 35.5. The quantitative estimate of drug-likeness (QED) is 0.760. The number of aromatic nitrogens is 2. The van der Waals surface area contributed by atoms with E-state index in [0.717, 1.165) is 24.2 Å². The summed E-state index contributed by atoms with van der Waals surface area (Å²) in [6.07, 6.45) is 5.45. The maximum atomic E-state index is 5.55. The summed E-state index contributed by atoms with van der Waals surface area (Å²) in [5.41, 5.74) is 8.49. The van der Waals surface area contributed by atoms with Crippen molar-refractivity contribution in [3.8, 4) is 22.8 Å².